The summed E-state index contributed by atoms with van der Waals surface area (Å²) in [5.74, 6) is 0.878. The molecule has 1 aromatic carbocycles. The van der Waals surface area contributed by atoms with Crippen molar-refractivity contribution in [2.24, 2.45) is 11.1 Å². The number of ketones is 1. The van der Waals surface area contributed by atoms with Crippen molar-refractivity contribution < 1.29 is 4.79 Å². The van der Waals surface area contributed by atoms with Crippen molar-refractivity contribution in [3.8, 4) is 0 Å². The molecule has 1 fully saturated rings. The lowest BCUT2D eigenvalue weighted by Gasteiger charge is -2.27. The smallest absolute Gasteiger partial charge is 0.164 e. The Morgan fingerprint density at radius 3 is 2.26 bits per heavy atom. The highest BCUT2D eigenvalue weighted by Gasteiger charge is 2.24. The van der Waals surface area contributed by atoms with Gasteiger partial charge in [0.1, 0.15) is 0 Å². The van der Waals surface area contributed by atoms with Gasteiger partial charge in [-0.15, -0.1) is 0 Å². The van der Waals surface area contributed by atoms with E-state index >= 15 is 0 Å². The predicted molar refractivity (Wildman–Crippen MR) is 79.4 cm³/mol. The summed E-state index contributed by atoms with van der Waals surface area (Å²) >= 11 is 0. The SMILES string of the molecule is CC(C)(C)C(N)CC(=O)c1ccc(C2CCC2)cc1. The number of rotatable bonds is 4. The second-order valence-electron chi connectivity index (χ2n) is 6.85. The minimum atomic E-state index is -0.0914. The van der Waals surface area contributed by atoms with Gasteiger partial charge in [0.05, 0.1) is 0 Å². The summed E-state index contributed by atoms with van der Waals surface area (Å²) in [6, 6.07) is 8.06. The van der Waals surface area contributed by atoms with Gasteiger partial charge in [-0.1, -0.05) is 51.5 Å². The zero-order chi connectivity index (χ0) is 14.0. The molecule has 104 valence electrons. The Bertz CT molecular complexity index is 437. The van der Waals surface area contributed by atoms with Gasteiger partial charge in [0.25, 0.3) is 0 Å². The molecule has 1 atom stereocenters. The van der Waals surface area contributed by atoms with E-state index in [9.17, 15) is 4.79 Å². The van der Waals surface area contributed by atoms with Crippen LogP contribution in [0.4, 0.5) is 0 Å². The Hall–Kier alpha value is -1.15. The maximum Gasteiger partial charge on any atom is 0.164 e. The average Bonchev–Trinajstić information content (AvgIpc) is 2.26. The van der Waals surface area contributed by atoms with Crippen molar-refractivity contribution in [2.45, 2.75) is 58.4 Å². The summed E-state index contributed by atoms with van der Waals surface area (Å²) in [4.78, 5) is 12.2. The van der Waals surface area contributed by atoms with Crippen molar-refractivity contribution in [2.75, 3.05) is 0 Å². The number of carbonyl (C=O) groups excluding carboxylic acids is 1. The van der Waals surface area contributed by atoms with Crippen LogP contribution in [0.15, 0.2) is 24.3 Å². The van der Waals surface area contributed by atoms with E-state index in [4.69, 9.17) is 5.73 Å². The van der Waals surface area contributed by atoms with Crippen LogP contribution in [0.3, 0.4) is 0 Å². The van der Waals surface area contributed by atoms with E-state index in [1.807, 2.05) is 12.1 Å². The highest BCUT2D eigenvalue weighted by atomic mass is 16.1. The second-order valence-corrected chi connectivity index (χ2v) is 6.85. The predicted octanol–water partition coefficient (Wildman–Crippen LogP) is 3.90. The van der Waals surface area contributed by atoms with E-state index in [-0.39, 0.29) is 17.2 Å². The van der Waals surface area contributed by atoms with Crippen molar-refractivity contribution in [1.29, 1.82) is 0 Å². The van der Waals surface area contributed by atoms with E-state index in [1.165, 1.54) is 24.8 Å². The molecule has 2 N–H and O–H groups in total. The normalized spacial score (nSPS) is 17.9. The summed E-state index contributed by atoms with van der Waals surface area (Å²) in [6.45, 7) is 6.22. The lowest BCUT2D eigenvalue weighted by molar-refractivity contribution is 0.0953. The quantitative estimate of drug-likeness (QED) is 0.833. The van der Waals surface area contributed by atoms with Gasteiger partial charge < -0.3 is 5.73 Å². The molecule has 0 heterocycles. The maximum absolute atomic E-state index is 12.2. The van der Waals surface area contributed by atoms with Crippen molar-refractivity contribution >= 4 is 5.78 Å². The third-order valence-corrected chi connectivity index (χ3v) is 4.33. The average molecular weight is 259 g/mol. The van der Waals surface area contributed by atoms with E-state index in [0.29, 0.717) is 6.42 Å². The standard InChI is InChI=1S/C17H25NO/c1-17(2,3)16(18)11-15(19)14-9-7-13(8-10-14)12-5-4-6-12/h7-10,12,16H,4-6,11,18H2,1-3H3. The summed E-state index contributed by atoms with van der Waals surface area (Å²) < 4.78 is 0. The molecule has 1 aromatic rings. The first-order chi connectivity index (χ1) is 8.88. The molecule has 0 aromatic heterocycles. The Labute approximate surface area is 116 Å². The summed E-state index contributed by atoms with van der Waals surface area (Å²) in [5, 5.41) is 0. The zero-order valence-electron chi connectivity index (χ0n) is 12.3. The Balaban J connectivity index is 1.99. The molecule has 19 heavy (non-hydrogen) atoms. The molecule has 1 aliphatic rings. The topological polar surface area (TPSA) is 43.1 Å². The number of benzene rings is 1. The van der Waals surface area contributed by atoms with Crippen molar-refractivity contribution in [1.82, 2.24) is 0 Å². The first-order valence-corrected chi connectivity index (χ1v) is 7.26. The molecule has 0 saturated heterocycles. The van der Waals surface area contributed by atoms with Crippen LogP contribution in [0, 0.1) is 5.41 Å². The number of Topliss-reactive ketones (excluding diaryl/α,β-unsaturated/α-hetero) is 1. The van der Waals surface area contributed by atoms with Crippen LogP contribution in [0.5, 0.6) is 0 Å². The van der Waals surface area contributed by atoms with Crippen molar-refractivity contribution in [3.63, 3.8) is 0 Å². The molecule has 1 aliphatic carbocycles. The molecule has 0 aliphatic heterocycles. The van der Waals surface area contributed by atoms with Crippen LogP contribution >= 0.6 is 0 Å². The molecular formula is C17H25NO. The first-order valence-electron chi connectivity index (χ1n) is 7.26. The molecule has 0 spiro atoms. The summed E-state index contributed by atoms with van der Waals surface area (Å²) in [7, 11) is 0. The van der Waals surface area contributed by atoms with Crippen molar-refractivity contribution in [3.05, 3.63) is 35.4 Å². The number of nitrogens with two attached hydrogens (primary N) is 1. The van der Waals surface area contributed by atoms with Crippen LogP contribution in [-0.2, 0) is 0 Å². The van der Waals surface area contributed by atoms with E-state index in [1.54, 1.807) is 0 Å². The fraction of sp³-hybridized carbons (Fsp3) is 0.588. The lowest BCUT2D eigenvalue weighted by Crippen LogP contribution is -2.36. The van der Waals surface area contributed by atoms with Crippen LogP contribution in [0.1, 0.15) is 68.3 Å². The van der Waals surface area contributed by atoms with Gasteiger partial charge in [-0.3, -0.25) is 4.79 Å². The minimum Gasteiger partial charge on any atom is -0.327 e. The largest absolute Gasteiger partial charge is 0.327 e. The van der Waals surface area contributed by atoms with E-state index < -0.39 is 0 Å². The Kier molecular flexibility index (Phi) is 4.10. The fourth-order valence-electron chi connectivity index (χ4n) is 2.31. The van der Waals surface area contributed by atoms with E-state index in [2.05, 4.69) is 32.9 Å². The van der Waals surface area contributed by atoms with Gasteiger partial charge >= 0.3 is 0 Å². The molecule has 1 unspecified atom stereocenters. The van der Waals surface area contributed by atoms with Gasteiger partial charge in [-0.25, -0.2) is 0 Å². The third-order valence-electron chi connectivity index (χ3n) is 4.33. The molecule has 2 rings (SSSR count). The summed E-state index contributed by atoms with van der Waals surface area (Å²) in [6.07, 6.45) is 4.35. The van der Waals surface area contributed by atoms with Crippen LogP contribution in [0.25, 0.3) is 0 Å². The monoisotopic (exact) mass is 259 g/mol. The van der Waals surface area contributed by atoms with Crippen LogP contribution in [-0.4, -0.2) is 11.8 Å². The fourth-order valence-corrected chi connectivity index (χ4v) is 2.31. The van der Waals surface area contributed by atoms with Gasteiger partial charge in [0.15, 0.2) is 5.78 Å². The number of hydrogen-bond acceptors (Lipinski definition) is 2. The molecule has 2 heteroatoms. The van der Waals surface area contributed by atoms with Crippen LogP contribution < -0.4 is 5.73 Å². The Morgan fingerprint density at radius 1 is 1.26 bits per heavy atom. The summed E-state index contributed by atoms with van der Waals surface area (Å²) in [5.41, 5.74) is 8.22. The molecule has 0 radical (unpaired) electrons. The molecule has 2 nitrogen and oxygen atoms in total. The second kappa shape index (κ2) is 5.46. The number of hydrogen-bond donors (Lipinski definition) is 1. The van der Waals surface area contributed by atoms with E-state index in [0.717, 1.165) is 11.5 Å². The van der Waals surface area contributed by atoms with Gasteiger partial charge in [0, 0.05) is 18.0 Å². The minimum absolute atomic E-state index is 0.0263. The molecule has 1 saturated carbocycles. The highest BCUT2D eigenvalue weighted by Crippen LogP contribution is 2.36. The van der Waals surface area contributed by atoms with Gasteiger partial charge in [-0.2, -0.15) is 0 Å². The Morgan fingerprint density at radius 2 is 1.84 bits per heavy atom. The molecule has 0 amide bonds. The third kappa shape index (κ3) is 3.44. The molecular weight excluding hydrogens is 234 g/mol. The van der Waals surface area contributed by atoms with Crippen LogP contribution in [0.2, 0.25) is 0 Å². The first kappa shape index (κ1) is 14.3. The number of carbonyl (C=O) groups is 1. The highest BCUT2D eigenvalue weighted by molar-refractivity contribution is 5.96. The van der Waals surface area contributed by atoms with Gasteiger partial charge in [0.2, 0.25) is 0 Å². The molecule has 0 bridgehead atoms. The lowest BCUT2D eigenvalue weighted by atomic mass is 9.79. The van der Waals surface area contributed by atoms with Gasteiger partial charge in [-0.05, 0) is 29.7 Å². The zero-order valence-corrected chi connectivity index (χ0v) is 12.3. The maximum atomic E-state index is 12.2.